The number of aromatic nitrogens is 2. The fourth-order valence-corrected chi connectivity index (χ4v) is 4.24. The number of alkyl halides is 2. The molecule has 0 unspecified atom stereocenters. The molecule has 2 aromatic heterocycles. The molecule has 1 saturated heterocycles. The summed E-state index contributed by atoms with van der Waals surface area (Å²) in [4.78, 5) is 12.2. The second kappa shape index (κ2) is 3.87. The van der Waals surface area contributed by atoms with Gasteiger partial charge in [-0.05, 0) is 11.4 Å². The van der Waals surface area contributed by atoms with Gasteiger partial charge in [0.25, 0.3) is 0 Å². The van der Waals surface area contributed by atoms with Crippen LogP contribution >= 0.6 is 11.3 Å². The highest BCUT2D eigenvalue weighted by Gasteiger charge is 2.62. The predicted octanol–water partition coefficient (Wildman–Crippen LogP) is 3.49. The summed E-state index contributed by atoms with van der Waals surface area (Å²) in [5, 5.41) is 3.06. The van der Waals surface area contributed by atoms with E-state index >= 15 is 0 Å². The first-order valence-electron chi connectivity index (χ1n) is 6.87. The lowest BCUT2D eigenvalue weighted by atomic mass is 9.61. The Labute approximate surface area is 119 Å². The highest BCUT2D eigenvalue weighted by molar-refractivity contribution is 7.16. The minimum absolute atomic E-state index is 0.0367. The van der Waals surface area contributed by atoms with E-state index in [1.54, 1.807) is 11.3 Å². The Hall–Kier alpha value is -1.30. The van der Waals surface area contributed by atoms with Gasteiger partial charge in [-0.2, -0.15) is 0 Å². The van der Waals surface area contributed by atoms with Crippen LogP contribution < -0.4 is 4.90 Å². The standard InChI is InChI=1S/C14H15F2N3S/c1-2-10-17-11(9-3-4-20-12(9)18-10)19-7-13(8-19)5-14(15,16)6-13/h3-4H,2,5-8H2,1H3. The molecule has 0 N–H and O–H groups in total. The fraction of sp³-hybridized carbons (Fsp3) is 0.571. The molecule has 2 aromatic rings. The van der Waals surface area contributed by atoms with E-state index in [9.17, 15) is 8.78 Å². The van der Waals surface area contributed by atoms with Crippen LogP contribution in [0.1, 0.15) is 25.6 Å². The zero-order valence-electron chi connectivity index (χ0n) is 11.2. The summed E-state index contributed by atoms with van der Waals surface area (Å²) in [6, 6.07) is 2.02. The van der Waals surface area contributed by atoms with Gasteiger partial charge in [-0.3, -0.25) is 0 Å². The molecule has 106 valence electrons. The molecule has 6 heteroatoms. The van der Waals surface area contributed by atoms with Gasteiger partial charge in [-0.1, -0.05) is 6.92 Å². The number of fused-ring (bicyclic) bond motifs is 1. The first kappa shape index (κ1) is 12.4. The molecule has 0 aromatic carbocycles. The Balaban J connectivity index is 1.62. The third kappa shape index (κ3) is 1.74. The molecule has 2 aliphatic rings. The Bertz CT molecular complexity index is 666. The summed E-state index contributed by atoms with van der Waals surface area (Å²) in [6.07, 6.45) is 0.863. The van der Waals surface area contributed by atoms with E-state index in [0.29, 0.717) is 13.1 Å². The van der Waals surface area contributed by atoms with Gasteiger partial charge in [-0.25, -0.2) is 18.7 Å². The van der Waals surface area contributed by atoms with Crippen molar-refractivity contribution in [2.45, 2.75) is 32.1 Å². The average Bonchev–Trinajstić information content (AvgIpc) is 2.79. The normalized spacial score (nSPS) is 22.9. The van der Waals surface area contributed by atoms with Crippen molar-refractivity contribution in [1.29, 1.82) is 0 Å². The van der Waals surface area contributed by atoms with Crippen LogP contribution in [0, 0.1) is 5.41 Å². The second-order valence-electron chi connectivity index (χ2n) is 6.02. The summed E-state index contributed by atoms with van der Waals surface area (Å²) in [7, 11) is 0. The van der Waals surface area contributed by atoms with Crippen molar-refractivity contribution < 1.29 is 8.78 Å². The van der Waals surface area contributed by atoms with E-state index in [1.807, 2.05) is 18.4 Å². The molecule has 0 amide bonds. The van der Waals surface area contributed by atoms with E-state index in [0.717, 1.165) is 28.3 Å². The van der Waals surface area contributed by atoms with Crippen molar-refractivity contribution in [3.05, 3.63) is 17.3 Å². The zero-order valence-corrected chi connectivity index (χ0v) is 12.0. The highest BCUT2D eigenvalue weighted by atomic mass is 32.1. The number of halogens is 2. The van der Waals surface area contributed by atoms with E-state index < -0.39 is 5.92 Å². The van der Waals surface area contributed by atoms with E-state index in [1.165, 1.54) is 0 Å². The predicted molar refractivity (Wildman–Crippen MR) is 75.6 cm³/mol. The van der Waals surface area contributed by atoms with Crippen LogP contribution in [0.25, 0.3) is 10.2 Å². The van der Waals surface area contributed by atoms with Crippen LogP contribution in [0.4, 0.5) is 14.6 Å². The molecule has 4 rings (SSSR count). The van der Waals surface area contributed by atoms with Crippen molar-refractivity contribution in [3.63, 3.8) is 0 Å². The van der Waals surface area contributed by atoms with Crippen molar-refractivity contribution >= 4 is 27.4 Å². The monoisotopic (exact) mass is 295 g/mol. The van der Waals surface area contributed by atoms with Crippen molar-refractivity contribution in [1.82, 2.24) is 9.97 Å². The molecule has 1 aliphatic carbocycles. The minimum atomic E-state index is -2.44. The third-order valence-electron chi connectivity index (χ3n) is 4.29. The Morgan fingerprint density at radius 2 is 2.05 bits per heavy atom. The molecule has 1 saturated carbocycles. The number of aryl methyl sites for hydroxylation is 1. The molecular formula is C14H15F2N3S. The Kier molecular flexibility index (Phi) is 2.41. The van der Waals surface area contributed by atoms with Crippen molar-refractivity contribution in [2.75, 3.05) is 18.0 Å². The first-order chi connectivity index (χ1) is 9.50. The van der Waals surface area contributed by atoms with Crippen LogP contribution in [0.3, 0.4) is 0 Å². The van der Waals surface area contributed by atoms with Crippen molar-refractivity contribution in [3.8, 4) is 0 Å². The SMILES string of the molecule is CCc1nc(N2CC3(C2)CC(F)(F)C3)c2ccsc2n1. The van der Waals surface area contributed by atoms with Crippen LogP contribution in [-0.2, 0) is 6.42 Å². The molecule has 0 radical (unpaired) electrons. The first-order valence-corrected chi connectivity index (χ1v) is 7.75. The molecule has 1 aliphatic heterocycles. The molecule has 20 heavy (non-hydrogen) atoms. The quantitative estimate of drug-likeness (QED) is 0.849. The number of hydrogen-bond acceptors (Lipinski definition) is 4. The van der Waals surface area contributed by atoms with Gasteiger partial charge in [0, 0.05) is 37.8 Å². The minimum Gasteiger partial charge on any atom is -0.355 e. The number of thiophene rings is 1. The lowest BCUT2D eigenvalue weighted by molar-refractivity contribution is -0.170. The number of rotatable bonds is 2. The fourth-order valence-electron chi connectivity index (χ4n) is 3.46. The lowest BCUT2D eigenvalue weighted by Crippen LogP contribution is -2.66. The van der Waals surface area contributed by atoms with Crippen LogP contribution in [-0.4, -0.2) is 29.0 Å². The molecule has 0 atom stereocenters. The van der Waals surface area contributed by atoms with Gasteiger partial charge < -0.3 is 4.90 Å². The van der Waals surface area contributed by atoms with E-state index in [2.05, 4.69) is 14.9 Å². The molecule has 2 fully saturated rings. The number of nitrogens with zero attached hydrogens (tertiary/aromatic N) is 3. The summed E-state index contributed by atoms with van der Waals surface area (Å²) >= 11 is 1.60. The van der Waals surface area contributed by atoms with Gasteiger partial charge >= 0.3 is 0 Å². The smallest absolute Gasteiger partial charge is 0.249 e. The van der Waals surface area contributed by atoms with E-state index in [-0.39, 0.29) is 18.3 Å². The van der Waals surface area contributed by atoms with Crippen LogP contribution in [0.5, 0.6) is 0 Å². The maximum atomic E-state index is 13.1. The van der Waals surface area contributed by atoms with Gasteiger partial charge in [0.15, 0.2) is 0 Å². The summed E-state index contributed by atoms with van der Waals surface area (Å²) in [6.45, 7) is 3.43. The maximum absolute atomic E-state index is 13.1. The molecule has 0 bridgehead atoms. The van der Waals surface area contributed by atoms with Gasteiger partial charge in [-0.15, -0.1) is 11.3 Å². The molecule has 3 nitrogen and oxygen atoms in total. The van der Waals surface area contributed by atoms with Gasteiger partial charge in [0.2, 0.25) is 5.92 Å². The van der Waals surface area contributed by atoms with Crippen molar-refractivity contribution in [2.24, 2.45) is 5.41 Å². The highest BCUT2D eigenvalue weighted by Crippen LogP contribution is 2.57. The topological polar surface area (TPSA) is 29.0 Å². The van der Waals surface area contributed by atoms with Gasteiger partial charge in [0.05, 0.1) is 5.39 Å². The summed E-state index contributed by atoms with van der Waals surface area (Å²) in [5.41, 5.74) is -0.164. The lowest BCUT2D eigenvalue weighted by Gasteiger charge is -2.59. The molecule has 1 spiro atoms. The molecular weight excluding hydrogens is 280 g/mol. The van der Waals surface area contributed by atoms with Gasteiger partial charge in [0.1, 0.15) is 16.5 Å². The number of anilines is 1. The Morgan fingerprint density at radius 1 is 1.30 bits per heavy atom. The average molecular weight is 295 g/mol. The largest absolute Gasteiger partial charge is 0.355 e. The molecule has 3 heterocycles. The second-order valence-corrected chi connectivity index (χ2v) is 6.92. The zero-order chi connectivity index (χ0) is 14.0. The van der Waals surface area contributed by atoms with Crippen LogP contribution in [0.15, 0.2) is 11.4 Å². The van der Waals surface area contributed by atoms with Crippen LogP contribution in [0.2, 0.25) is 0 Å². The third-order valence-corrected chi connectivity index (χ3v) is 5.09. The van der Waals surface area contributed by atoms with E-state index in [4.69, 9.17) is 0 Å². The summed E-state index contributed by atoms with van der Waals surface area (Å²) < 4.78 is 26.1. The Morgan fingerprint density at radius 3 is 2.70 bits per heavy atom. The number of hydrogen-bond donors (Lipinski definition) is 0. The summed E-state index contributed by atoms with van der Waals surface area (Å²) in [5.74, 6) is -0.687. The maximum Gasteiger partial charge on any atom is 0.249 e.